The van der Waals surface area contributed by atoms with Gasteiger partial charge in [0.1, 0.15) is 17.9 Å². The van der Waals surface area contributed by atoms with E-state index in [0.29, 0.717) is 111 Å². The van der Waals surface area contributed by atoms with Crippen LogP contribution in [0, 0.1) is 11.3 Å². The van der Waals surface area contributed by atoms with Gasteiger partial charge < -0.3 is 34.6 Å². The molecular formula is C45H48Cl2N8O8. The monoisotopic (exact) mass is 898 g/mol. The SMILES string of the molecule is COc1cc(Nc2c(C#N)cnc3cc(OCCCN4CCN(C(=O)CCCCCC(=O)Nc5cccc6c5CN(C5CCC(=O)NC5=O)C6=O)CC4)c(OC)cc23)c(Cl)cc1Cl. The number of aromatic nitrogens is 1. The number of piperazine rings is 1. The fourth-order valence-electron chi connectivity index (χ4n) is 8.11. The topological polar surface area (TPSA) is 196 Å². The van der Waals surface area contributed by atoms with Crippen molar-refractivity contribution in [2.45, 2.75) is 64.0 Å². The third kappa shape index (κ3) is 10.4. The van der Waals surface area contributed by atoms with Crippen molar-refractivity contribution >= 4 is 80.7 Å². The van der Waals surface area contributed by atoms with Crippen LogP contribution in [0.5, 0.6) is 17.2 Å². The number of nitrogens with one attached hydrogen (secondary N) is 3. The number of hydrogen-bond acceptors (Lipinski definition) is 12. The number of methoxy groups -OCH3 is 2. The molecule has 3 N–H and O–H groups in total. The van der Waals surface area contributed by atoms with Crippen LogP contribution in [0.25, 0.3) is 10.9 Å². The Kier molecular flexibility index (Phi) is 14.5. The van der Waals surface area contributed by atoms with Crippen LogP contribution in [0.1, 0.15) is 72.9 Å². The second-order valence-electron chi connectivity index (χ2n) is 15.5. The molecule has 3 aliphatic heterocycles. The van der Waals surface area contributed by atoms with Gasteiger partial charge in [0.2, 0.25) is 23.6 Å². The number of halogens is 2. The van der Waals surface area contributed by atoms with Crippen LogP contribution in [-0.4, -0.2) is 109 Å². The minimum atomic E-state index is -0.729. The molecule has 4 aromatic rings. The lowest BCUT2D eigenvalue weighted by molar-refractivity contribution is -0.137. The predicted molar refractivity (Wildman–Crippen MR) is 237 cm³/mol. The van der Waals surface area contributed by atoms with Gasteiger partial charge in [-0.25, -0.2) is 0 Å². The van der Waals surface area contributed by atoms with Crippen molar-refractivity contribution in [1.29, 1.82) is 5.26 Å². The van der Waals surface area contributed by atoms with Crippen molar-refractivity contribution in [3.8, 4) is 23.3 Å². The summed E-state index contributed by atoms with van der Waals surface area (Å²) < 4.78 is 17.2. The molecule has 18 heteroatoms. The molecule has 1 atom stereocenters. The Morgan fingerprint density at radius 2 is 1.70 bits per heavy atom. The fraction of sp³-hybridized carbons (Fsp3) is 0.400. The van der Waals surface area contributed by atoms with Gasteiger partial charge in [-0.1, -0.05) is 35.7 Å². The number of rotatable bonds is 17. The molecule has 0 aliphatic carbocycles. The Hall–Kier alpha value is -6.15. The van der Waals surface area contributed by atoms with E-state index in [1.165, 1.54) is 18.2 Å². The highest BCUT2D eigenvalue weighted by Crippen LogP contribution is 2.41. The summed E-state index contributed by atoms with van der Waals surface area (Å²) in [6, 6.07) is 13.4. The highest BCUT2D eigenvalue weighted by molar-refractivity contribution is 6.37. The van der Waals surface area contributed by atoms with Gasteiger partial charge in [0.15, 0.2) is 11.5 Å². The molecule has 0 spiro atoms. The number of ether oxygens (including phenoxy) is 3. The van der Waals surface area contributed by atoms with Gasteiger partial charge in [0, 0.05) is 99.1 Å². The van der Waals surface area contributed by atoms with E-state index in [-0.39, 0.29) is 49.4 Å². The van der Waals surface area contributed by atoms with Gasteiger partial charge in [-0.3, -0.25) is 39.2 Å². The highest BCUT2D eigenvalue weighted by Gasteiger charge is 2.40. The summed E-state index contributed by atoms with van der Waals surface area (Å²) in [7, 11) is 3.05. The summed E-state index contributed by atoms with van der Waals surface area (Å²) in [5.74, 6) is 0.229. The Morgan fingerprint density at radius 3 is 2.44 bits per heavy atom. The lowest BCUT2D eigenvalue weighted by Gasteiger charge is -2.34. The molecule has 16 nitrogen and oxygen atoms in total. The second-order valence-corrected chi connectivity index (χ2v) is 16.3. The average molecular weight is 900 g/mol. The first-order valence-electron chi connectivity index (χ1n) is 20.9. The maximum Gasteiger partial charge on any atom is 0.255 e. The van der Waals surface area contributed by atoms with E-state index in [1.54, 1.807) is 49.6 Å². The summed E-state index contributed by atoms with van der Waals surface area (Å²) in [5.41, 5.74) is 3.52. The van der Waals surface area contributed by atoms with Crippen molar-refractivity contribution in [3.63, 3.8) is 0 Å². The van der Waals surface area contributed by atoms with E-state index in [0.717, 1.165) is 32.5 Å². The standard InChI is InChI=1S/C45H48Cl2N8O8/c1-61-37-23-35(31(46)21-32(37)47)51-43-27(24-48)25-49-34-22-39(38(62-2)20-29(34)43)63-19-7-14-53-15-17-54(18-16-53)42(58)11-5-3-4-10-40(56)50-33-9-6-8-28-30(33)26-55(45(28)60)36-12-13-41(57)52-44(36)59/h6,8-9,20-23,25,36H,3-5,7,10-19,26H2,1-2H3,(H,49,51)(H,50,56)(H,52,57,59). The lowest BCUT2D eigenvalue weighted by atomic mass is 10.0. The van der Waals surface area contributed by atoms with E-state index in [1.807, 2.05) is 4.90 Å². The summed E-state index contributed by atoms with van der Waals surface area (Å²) in [5, 5.41) is 19.7. The number of nitriles is 1. The van der Waals surface area contributed by atoms with Gasteiger partial charge >= 0.3 is 0 Å². The number of benzene rings is 3. The molecule has 330 valence electrons. The Balaban J connectivity index is 0.810. The minimum Gasteiger partial charge on any atom is -0.495 e. The lowest BCUT2D eigenvalue weighted by Crippen LogP contribution is -2.52. The normalized spacial score (nSPS) is 16.4. The molecule has 3 aliphatic rings. The smallest absolute Gasteiger partial charge is 0.255 e. The second kappa shape index (κ2) is 20.4. The maximum atomic E-state index is 13.1. The van der Waals surface area contributed by atoms with Crippen LogP contribution in [0.3, 0.4) is 0 Å². The molecule has 0 radical (unpaired) electrons. The molecule has 7 rings (SSSR count). The molecule has 0 saturated carbocycles. The molecule has 1 aromatic heterocycles. The maximum absolute atomic E-state index is 13.1. The molecule has 1 unspecified atom stereocenters. The molecule has 2 saturated heterocycles. The van der Waals surface area contributed by atoms with E-state index in [2.05, 4.69) is 31.9 Å². The summed E-state index contributed by atoms with van der Waals surface area (Å²) in [4.78, 5) is 73.2. The van der Waals surface area contributed by atoms with E-state index in [9.17, 15) is 29.2 Å². The van der Waals surface area contributed by atoms with Crippen molar-refractivity contribution < 1.29 is 38.2 Å². The Bertz CT molecular complexity index is 2470. The first-order valence-corrected chi connectivity index (χ1v) is 21.6. The minimum absolute atomic E-state index is 0.112. The van der Waals surface area contributed by atoms with Crippen LogP contribution < -0.4 is 30.2 Å². The molecule has 3 aromatic carbocycles. The number of amides is 5. The van der Waals surface area contributed by atoms with E-state index in [4.69, 9.17) is 37.4 Å². The third-order valence-electron chi connectivity index (χ3n) is 11.5. The van der Waals surface area contributed by atoms with Crippen LogP contribution in [0.15, 0.2) is 48.7 Å². The van der Waals surface area contributed by atoms with Gasteiger partial charge in [-0.2, -0.15) is 5.26 Å². The zero-order chi connectivity index (χ0) is 44.6. The van der Waals surface area contributed by atoms with E-state index < -0.39 is 11.9 Å². The van der Waals surface area contributed by atoms with Gasteiger partial charge in [0.25, 0.3) is 5.91 Å². The summed E-state index contributed by atoms with van der Waals surface area (Å²) >= 11 is 12.7. The van der Waals surface area contributed by atoms with Gasteiger partial charge in [0.05, 0.1) is 53.3 Å². The number of imide groups is 1. The highest BCUT2D eigenvalue weighted by atomic mass is 35.5. The number of hydrogen-bond donors (Lipinski definition) is 3. The number of piperidine rings is 1. The number of carbonyl (C=O) groups is 5. The molecule has 63 heavy (non-hydrogen) atoms. The Morgan fingerprint density at radius 1 is 0.921 bits per heavy atom. The predicted octanol–water partition coefficient (Wildman–Crippen LogP) is 6.44. The van der Waals surface area contributed by atoms with Crippen molar-refractivity contribution in [1.82, 2.24) is 25.0 Å². The van der Waals surface area contributed by atoms with E-state index >= 15 is 0 Å². The molecule has 0 bridgehead atoms. The van der Waals surface area contributed by atoms with Crippen LogP contribution in [-0.2, 0) is 25.7 Å². The zero-order valence-electron chi connectivity index (χ0n) is 35.1. The number of anilines is 3. The zero-order valence-corrected chi connectivity index (χ0v) is 36.6. The molecular weight excluding hydrogens is 851 g/mol. The van der Waals surface area contributed by atoms with Crippen molar-refractivity contribution in [3.05, 3.63) is 75.4 Å². The van der Waals surface area contributed by atoms with Crippen molar-refractivity contribution in [2.75, 3.05) is 64.2 Å². The average Bonchev–Trinajstić information content (AvgIpc) is 3.61. The largest absolute Gasteiger partial charge is 0.495 e. The number of unbranched alkanes of at least 4 members (excludes halogenated alkanes) is 2. The third-order valence-corrected chi connectivity index (χ3v) is 12.1. The number of nitrogens with zero attached hydrogens (tertiary/aromatic N) is 5. The number of pyridine rings is 1. The quantitative estimate of drug-likeness (QED) is 0.0777. The summed E-state index contributed by atoms with van der Waals surface area (Å²) in [6.07, 6.45) is 5.37. The molecule has 2 fully saturated rings. The number of fused-ring (bicyclic) bond motifs is 2. The molecule has 5 amide bonds. The van der Waals surface area contributed by atoms with Gasteiger partial charge in [-0.15, -0.1) is 0 Å². The number of carbonyl (C=O) groups excluding carboxylic acids is 5. The van der Waals surface area contributed by atoms with Gasteiger partial charge in [-0.05, 0) is 49.9 Å². The first-order chi connectivity index (χ1) is 30.5. The fourth-order valence-corrected chi connectivity index (χ4v) is 8.62. The Labute approximate surface area is 374 Å². The van der Waals surface area contributed by atoms with Crippen LogP contribution in [0.2, 0.25) is 10.0 Å². The van der Waals surface area contributed by atoms with Crippen LogP contribution in [0.4, 0.5) is 17.1 Å². The molecule has 4 heterocycles. The summed E-state index contributed by atoms with van der Waals surface area (Å²) in [6.45, 7) is 4.21. The van der Waals surface area contributed by atoms with Crippen LogP contribution >= 0.6 is 23.2 Å². The van der Waals surface area contributed by atoms with Crippen molar-refractivity contribution in [2.24, 2.45) is 0 Å². The first kappa shape index (κ1) is 44.9.